The molecule has 13 heavy (non-hydrogen) atoms. The fraction of sp³-hybridized carbons (Fsp3) is 0.125. The van der Waals surface area contributed by atoms with E-state index in [4.69, 9.17) is 15.1 Å². The van der Waals surface area contributed by atoms with Gasteiger partial charge in [-0.3, -0.25) is 0 Å². The van der Waals surface area contributed by atoms with Crippen LogP contribution in [0.3, 0.4) is 0 Å². The third kappa shape index (κ3) is 2.45. The van der Waals surface area contributed by atoms with Crippen molar-refractivity contribution < 1.29 is 14.6 Å². The first kappa shape index (κ1) is 9.00. The predicted octanol–water partition coefficient (Wildman–Crippen LogP) is 0.417. The lowest BCUT2D eigenvalue weighted by Gasteiger charge is -2.01. The third-order valence-electron chi connectivity index (χ3n) is 1.22. The molecule has 1 heterocycles. The zero-order valence-electron chi connectivity index (χ0n) is 6.60. The second-order valence-corrected chi connectivity index (χ2v) is 2.15. The summed E-state index contributed by atoms with van der Waals surface area (Å²) < 4.78 is 4.76. The summed E-state index contributed by atoms with van der Waals surface area (Å²) in [6.45, 7) is -0.494. The zero-order chi connectivity index (χ0) is 9.68. The van der Waals surface area contributed by atoms with E-state index in [1.807, 2.05) is 6.07 Å². The molecule has 66 valence electrons. The van der Waals surface area contributed by atoms with Gasteiger partial charge < -0.3 is 9.84 Å². The molecule has 0 aliphatic heterocycles. The van der Waals surface area contributed by atoms with Gasteiger partial charge in [0.05, 0.1) is 0 Å². The van der Waals surface area contributed by atoms with Crippen LogP contribution in [0.2, 0.25) is 0 Å². The molecule has 0 aliphatic rings. The number of carboxylic acid groups (broad SMARTS) is 1. The number of aromatic nitrogens is 1. The number of hydrogen-bond donors (Lipinski definition) is 1. The van der Waals surface area contributed by atoms with Crippen LogP contribution in [0.25, 0.3) is 0 Å². The first-order valence-electron chi connectivity index (χ1n) is 3.43. The van der Waals surface area contributed by atoms with Gasteiger partial charge in [-0.05, 0) is 12.1 Å². The largest absolute Gasteiger partial charge is 0.479 e. The summed E-state index contributed by atoms with van der Waals surface area (Å²) in [5.41, 5.74) is 0.226. The van der Waals surface area contributed by atoms with E-state index in [9.17, 15) is 4.79 Å². The molecule has 1 aromatic rings. The van der Waals surface area contributed by atoms with E-state index in [2.05, 4.69) is 4.98 Å². The van der Waals surface area contributed by atoms with Gasteiger partial charge in [-0.25, -0.2) is 9.78 Å². The summed E-state index contributed by atoms with van der Waals surface area (Å²) in [6.07, 6.45) is 1.43. The highest BCUT2D eigenvalue weighted by molar-refractivity contribution is 5.68. The zero-order valence-corrected chi connectivity index (χ0v) is 6.60. The van der Waals surface area contributed by atoms with Crippen molar-refractivity contribution in [1.82, 2.24) is 4.98 Å². The van der Waals surface area contributed by atoms with Crippen LogP contribution in [-0.2, 0) is 4.79 Å². The molecule has 0 saturated carbocycles. The van der Waals surface area contributed by atoms with Gasteiger partial charge in [0.2, 0.25) is 5.88 Å². The summed E-state index contributed by atoms with van der Waals surface area (Å²) >= 11 is 0. The van der Waals surface area contributed by atoms with E-state index in [0.717, 1.165) is 0 Å². The molecule has 0 aliphatic carbocycles. The Balaban J connectivity index is 2.77. The van der Waals surface area contributed by atoms with Gasteiger partial charge in [-0.2, -0.15) is 5.26 Å². The standard InChI is InChI=1S/C8H6N2O3/c9-4-6-2-1-3-10-8(6)13-5-7(11)12/h1-3H,5H2,(H,11,12). The molecule has 5 nitrogen and oxygen atoms in total. The topological polar surface area (TPSA) is 83.2 Å². The number of carbonyl (C=O) groups is 1. The van der Waals surface area contributed by atoms with Crippen LogP contribution < -0.4 is 4.74 Å². The maximum atomic E-state index is 10.1. The highest BCUT2D eigenvalue weighted by Crippen LogP contribution is 2.11. The summed E-state index contributed by atoms with van der Waals surface area (Å²) in [5, 5.41) is 16.9. The molecule has 0 aromatic carbocycles. The minimum Gasteiger partial charge on any atom is -0.479 e. The second-order valence-electron chi connectivity index (χ2n) is 2.15. The Kier molecular flexibility index (Phi) is 2.82. The molecule has 0 unspecified atom stereocenters. The van der Waals surface area contributed by atoms with Crippen molar-refractivity contribution in [3.8, 4) is 11.9 Å². The summed E-state index contributed by atoms with van der Waals surface area (Å²) in [5.74, 6) is -1.05. The Bertz CT molecular complexity index is 357. The highest BCUT2D eigenvalue weighted by atomic mass is 16.5. The van der Waals surface area contributed by atoms with Gasteiger partial charge in [0, 0.05) is 6.20 Å². The number of pyridine rings is 1. The number of nitrogens with zero attached hydrogens (tertiary/aromatic N) is 2. The number of rotatable bonds is 3. The molecule has 0 fully saturated rings. The second kappa shape index (κ2) is 4.07. The Labute approximate surface area is 74.2 Å². The maximum absolute atomic E-state index is 10.1. The number of hydrogen-bond acceptors (Lipinski definition) is 4. The normalized spacial score (nSPS) is 8.85. The molecular weight excluding hydrogens is 172 g/mol. The first-order valence-corrected chi connectivity index (χ1v) is 3.43. The number of nitriles is 1. The minimum absolute atomic E-state index is 0.0485. The maximum Gasteiger partial charge on any atom is 0.341 e. The molecule has 0 saturated heterocycles. The molecule has 5 heteroatoms. The molecule has 1 rings (SSSR count). The minimum atomic E-state index is -1.10. The van der Waals surface area contributed by atoms with Gasteiger partial charge in [0.25, 0.3) is 0 Å². The molecule has 0 amide bonds. The van der Waals surface area contributed by atoms with Crippen LogP contribution >= 0.6 is 0 Å². The number of aliphatic carboxylic acids is 1. The van der Waals surface area contributed by atoms with E-state index in [-0.39, 0.29) is 11.4 Å². The Hall–Kier alpha value is -2.09. The molecule has 0 bridgehead atoms. The van der Waals surface area contributed by atoms with Crippen LogP contribution in [0, 0.1) is 11.3 Å². The van der Waals surface area contributed by atoms with E-state index < -0.39 is 12.6 Å². The predicted molar refractivity (Wildman–Crippen MR) is 42.1 cm³/mol. The molecule has 0 atom stereocenters. The van der Waals surface area contributed by atoms with Crippen LogP contribution in [0.5, 0.6) is 5.88 Å². The molecule has 1 N–H and O–H groups in total. The lowest BCUT2D eigenvalue weighted by atomic mass is 10.3. The van der Waals surface area contributed by atoms with E-state index in [1.54, 1.807) is 6.07 Å². The SMILES string of the molecule is N#Cc1cccnc1OCC(=O)O. The summed E-state index contributed by atoms with van der Waals surface area (Å²) in [6, 6.07) is 4.92. The Morgan fingerprint density at radius 3 is 3.15 bits per heavy atom. The van der Waals surface area contributed by atoms with E-state index in [0.29, 0.717) is 0 Å². The number of carboxylic acids is 1. The monoisotopic (exact) mass is 178 g/mol. The Morgan fingerprint density at radius 2 is 2.54 bits per heavy atom. The molecular formula is C8H6N2O3. The van der Waals surface area contributed by atoms with Crippen molar-refractivity contribution in [3.63, 3.8) is 0 Å². The van der Waals surface area contributed by atoms with Crippen LogP contribution in [-0.4, -0.2) is 22.7 Å². The van der Waals surface area contributed by atoms with E-state index in [1.165, 1.54) is 12.3 Å². The van der Waals surface area contributed by atoms with Crippen LogP contribution in [0.4, 0.5) is 0 Å². The van der Waals surface area contributed by atoms with Gasteiger partial charge in [0.15, 0.2) is 6.61 Å². The Morgan fingerprint density at radius 1 is 1.77 bits per heavy atom. The lowest BCUT2D eigenvalue weighted by Crippen LogP contribution is -2.10. The van der Waals surface area contributed by atoms with Gasteiger partial charge in [-0.15, -0.1) is 0 Å². The fourth-order valence-electron chi connectivity index (χ4n) is 0.721. The average molecular weight is 178 g/mol. The van der Waals surface area contributed by atoms with Crippen molar-refractivity contribution in [2.24, 2.45) is 0 Å². The quantitative estimate of drug-likeness (QED) is 0.724. The summed E-state index contributed by atoms with van der Waals surface area (Å²) in [4.78, 5) is 13.8. The smallest absolute Gasteiger partial charge is 0.341 e. The molecule has 1 aromatic heterocycles. The molecule has 0 radical (unpaired) electrons. The highest BCUT2D eigenvalue weighted by Gasteiger charge is 2.05. The number of ether oxygens (including phenoxy) is 1. The van der Waals surface area contributed by atoms with Crippen molar-refractivity contribution >= 4 is 5.97 Å². The van der Waals surface area contributed by atoms with Crippen molar-refractivity contribution in [2.75, 3.05) is 6.61 Å². The summed E-state index contributed by atoms with van der Waals surface area (Å²) in [7, 11) is 0. The molecule has 0 spiro atoms. The fourth-order valence-corrected chi connectivity index (χ4v) is 0.721. The van der Waals surface area contributed by atoms with Crippen LogP contribution in [0.15, 0.2) is 18.3 Å². The van der Waals surface area contributed by atoms with Crippen molar-refractivity contribution in [3.05, 3.63) is 23.9 Å². The van der Waals surface area contributed by atoms with Crippen molar-refractivity contribution in [2.45, 2.75) is 0 Å². The van der Waals surface area contributed by atoms with Gasteiger partial charge in [0.1, 0.15) is 11.6 Å². The van der Waals surface area contributed by atoms with Gasteiger partial charge >= 0.3 is 5.97 Å². The van der Waals surface area contributed by atoms with Crippen molar-refractivity contribution in [1.29, 1.82) is 5.26 Å². The van der Waals surface area contributed by atoms with Crippen LogP contribution in [0.1, 0.15) is 5.56 Å². The average Bonchev–Trinajstić information content (AvgIpc) is 2.15. The first-order chi connectivity index (χ1) is 6.24. The van der Waals surface area contributed by atoms with E-state index >= 15 is 0 Å². The lowest BCUT2D eigenvalue weighted by molar-refractivity contribution is -0.139. The third-order valence-corrected chi connectivity index (χ3v) is 1.22. The van der Waals surface area contributed by atoms with Gasteiger partial charge in [-0.1, -0.05) is 0 Å².